The van der Waals surface area contributed by atoms with Gasteiger partial charge in [0.2, 0.25) is 0 Å². The number of amides is 2. The molecule has 0 bridgehead atoms. The second-order valence-electron chi connectivity index (χ2n) is 5.72. The van der Waals surface area contributed by atoms with E-state index in [0.717, 1.165) is 32.2 Å². The van der Waals surface area contributed by atoms with Crippen LogP contribution in [0.25, 0.3) is 0 Å². The van der Waals surface area contributed by atoms with E-state index in [4.69, 9.17) is 5.11 Å². The smallest absolute Gasteiger partial charge is 0.320 e. The fourth-order valence-corrected chi connectivity index (χ4v) is 2.62. The average molecular weight is 283 g/mol. The number of rotatable bonds is 6. The van der Waals surface area contributed by atoms with E-state index in [9.17, 15) is 9.59 Å². The van der Waals surface area contributed by atoms with Crippen LogP contribution in [0.5, 0.6) is 0 Å². The molecule has 0 radical (unpaired) electrons. The predicted molar refractivity (Wildman–Crippen MR) is 75.7 cm³/mol. The molecule has 0 aromatic carbocycles. The lowest BCUT2D eigenvalue weighted by atomic mass is 10.3. The van der Waals surface area contributed by atoms with Crippen molar-refractivity contribution < 1.29 is 14.7 Å². The Bertz CT molecular complexity index is 350. The van der Waals surface area contributed by atoms with E-state index in [1.807, 2.05) is 14.7 Å². The zero-order valence-electron chi connectivity index (χ0n) is 12.3. The molecule has 1 saturated carbocycles. The number of unbranched alkanes of at least 4 members (excludes halogenated alkanes) is 1. The standard InChI is InChI=1S/C14H25N3O3/c1-2-3-6-17(12-4-5-12)14(20)16-9-7-15(8-10-16)11-13(18)19/h12H,2-11H2,1H3,(H,18,19). The molecular formula is C14H25N3O3. The first-order chi connectivity index (χ1) is 9.61. The van der Waals surface area contributed by atoms with E-state index in [-0.39, 0.29) is 12.6 Å². The van der Waals surface area contributed by atoms with Gasteiger partial charge in [-0.25, -0.2) is 4.79 Å². The molecule has 0 aromatic rings. The highest BCUT2D eigenvalue weighted by Gasteiger charge is 2.35. The minimum absolute atomic E-state index is 0.0736. The SMILES string of the molecule is CCCCN(C(=O)N1CCN(CC(=O)O)CC1)C1CC1. The maximum absolute atomic E-state index is 12.5. The molecule has 114 valence electrons. The van der Waals surface area contributed by atoms with Crippen LogP contribution in [0, 0.1) is 0 Å². The van der Waals surface area contributed by atoms with Crippen LogP contribution in [0.1, 0.15) is 32.6 Å². The number of hydrogen-bond donors (Lipinski definition) is 1. The van der Waals surface area contributed by atoms with E-state index >= 15 is 0 Å². The van der Waals surface area contributed by atoms with Gasteiger partial charge in [-0.1, -0.05) is 13.3 Å². The second kappa shape index (κ2) is 6.92. The number of carboxylic acids is 1. The molecule has 6 heteroatoms. The third kappa shape index (κ3) is 4.10. The molecule has 2 aliphatic rings. The number of urea groups is 1. The maximum Gasteiger partial charge on any atom is 0.320 e. The van der Waals surface area contributed by atoms with Gasteiger partial charge in [-0.15, -0.1) is 0 Å². The topological polar surface area (TPSA) is 64.1 Å². The van der Waals surface area contributed by atoms with E-state index in [2.05, 4.69) is 6.92 Å². The molecule has 0 aromatic heterocycles. The van der Waals surface area contributed by atoms with Crippen LogP contribution in [-0.4, -0.2) is 77.1 Å². The highest BCUT2D eigenvalue weighted by atomic mass is 16.4. The number of nitrogens with zero attached hydrogens (tertiary/aromatic N) is 3. The highest BCUT2D eigenvalue weighted by molar-refractivity contribution is 5.75. The summed E-state index contributed by atoms with van der Waals surface area (Å²) in [6.07, 6.45) is 4.42. The molecule has 0 atom stereocenters. The first kappa shape index (κ1) is 15.1. The maximum atomic E-state index is 12.5. The Balaban J connectivity index is 1.81. The van der Waals surface area contributed by atoms with Crippen molar-refractivity contribution in [1.82, 2.24) is 14.7 Å². The lowest BCUT2D eigenvalue weighted by molar-refractivity contribution is -0.138. The summed E-state index contributed by atoms with van der Waals surface area (Å²) in [7, 11) is 0. The molecule has 0 unspecified atom stereocenters. The molecule has 1 N–H and O–H groups in total. The predicted octanol–water partition coefficient (Wildman–Crippen LogP) is 1.07. The average Bonchev–Trinajstić information content (AvgIpc) is 3.24. The summed E-state index contributed by atoms with van der Waals surface area (Å²) in [5.74, 6) is -0.799. The van der Waals surface area contributed by atoms with Crippen molar-refractivity contribution in [2.45, 2.75) is 38.6 Å². The van der Waals surface area contributed by atoms with Crippen LogP contribution in [0.4, 0.5) is 4.79 Å². The van der Waals surface area contributed by atoms with Gasteiger partial charge in [0.15, 0.2) is 0 Å². The number of hydrogen-bond acceptors (Lipinski definition) is 3. The van der Waals surface area contributed by atoms with Crippen molar-refractivity contribution >= 4 is 12.0 Å². The van der Waals surface area contributed by atoms with E-state index in [1.54, 1.807) is 0 Å². The summed E-state index contributed by atoms with van der Waals surface area (Å²) in [6, 6.07) is 0.599. The summed E-state index contributed by atoms with van der Waals surface area (Å²) in [6.45, 7) is 5.66. The van der Waals surface area contributed by atoms with Gasteiger partial charge in [-0.2, -0.15) is 0 Å². The van der Waals surface area contributed by atoms with Gasteiger partial charge < -0.3 is 14.9 Å². The van der Waals surface area contributed by atoms with Gasteiger partial charge in [0.25, 0.3) is 0 Å². The van der Waals surface area contributed by atoms with Gasteiger partial charge in [0.05, 0.1) is 6.54 Å². The van der Waals surface area contributed by atoms with Crippen LogP contribution in [0.15, 0.2) is 0 Å². The third-order valence-electron chi connectivity index (χ3n) is 3.99. The van der Waals surface area contributed by atoms with Gasteiger partial charge >= 0.3 is 12.0 Å². The molecular weight excluding hydrogens is 258 g/mol. The molecule has 2 amide bonds. The number of aliphatic carboxylic acids is 1. The van der Waals surface area contributed by atoms with Gasteiger partial charge in [-0.3, -0.25) is 9.69 Å². The Kier molecular flexibility index (Phi) is 5.23. The Morgan fingerprint density at radius 1 is 1.20 bits per heavy atom. The monoisotopic (exact) mass is 283 g/mol. The minimum Gasteiger partial charge on any atom is -0.480 e. The summed E-state index contributed by atoms with van der Waals surface area (Å²) >= 11 is 0. The van der Waals surface area contributed by atoms with Crippen LogP contribution >= 0.6 is 0 Å². The Hall–Kier alpha value is -1.30. The Labute approximate surface area is 120 Å². The zero-order valence-corrected chi connectivity index (χ0v) is 12.3. The zero-order chi connectivity index (χ0) is 14.5. The van der Waals surface area contributed by atoms with Gasteiger partial charge in [0, 0.05) is 38.8 Å². The summed E-state index contributed by atoms with van der Waals surface area (Å²) in [4.78, 5) is 29.0. The van der Waals surface area contributed by atoms with Crippen molar-refractivity contribution in [2.75, 3.05) is 39.3 Å². The molecule has 2 rings (SSSR count). The Morgan fingerprint density at radius 2 is 1.85 bits per heavy atom. The highest BCUT2D eigenvalue weighted by Crippen LogP contribution is 2.28. The van der Waals surface area contributed by atoms with E-state index in [1.165, 1.54) is 0 Å². The normalized spacial score (nSPS) is 19.9. The van der Waals surface area contributed by atoms with Crippen LogP contribution < -0.4 is 0 Å². The van der Waals surface area contributed by atoms with E-state index < -0.39 is 5.97 Å². The molecule has 0 spiro atoms. The number of carbonyl (C=O) groups is 2. The van der Waals surface area contributed by atoms with Crippen molar-refractivity contribution in [3.63, 3.8) is 0 Å². The van der Waals surface area contributed by atoms with E-state index in [0.29, 0.717) is 32.2 Å². The largest absolute Gasteiger partial charge is 0.480 e. The van der Waals surface area contributed by atoms with Crippen LogP contribution in [-0.2, 0) is 4.79 Å². The molecule has 1 aliphatic heterocycles. The second-order valence-corrected chi connectivity index (χ2v) is 5.72. The van der Waals surface area contributed by atoms with Gasteiger partial charge in [-0.05, 0) is 19.3 Å². The molecule has 2 fully saturated rings. The lowest BCUT2D eigenvalue weighted by Gasteiger charge is -2.37. The van der Waals surface area contributed by atoms with Crippen LogP contribution in [0.3, 0.4) is 0 Å². The Morgan fingerprint density at radius 3 is 2.35 bits per heavy atom. The third-order valence-corrected chi connectivity index (χ3v) is 3.99. The van der Waals surface area contributed by atoms with Crippen LogP contribution in [0.2, 0.25) is 0 Å². The summed E-state index contributed by atoms with van der Waals surface area (Å²) < 4.78 is 0. The van der Waals surface area contributed by atoms with Crippen molar-refractivity contribution in [3.8, 4) is 0 Å². The summed E-state index contributed by atoms with van der Waals surface area (Å²) in [5.41, 5.74) is 0. The summed E-state index contributed by atoms with van der Waals surface area (Å²) in [5, 5.41) is 8.78. The number of carboxylic acid groups (broad SMARTS) is 1. The van der Waals surface area contributed by atoms with Gasteiger partial charge in [0.1, 0.15) is 0 Å². The first-order valence-corrected chi connectivity index (χ1v) is 7.61. The molecule has 1 aliphatic carbocycles. The molecule has 1 heterocycles. The van der Waals surface area contributed by atoms with Crippen molar-refractivity contribution in [1.29, 1.82) is 0 Å². The minimum atomic E-state index is -0.799. The molecule has 20 heavy (non-hydrogen) atoms. The quantitative estimate of drug-likeness (QED) is 0.792. The fraction of sp³-hybridized carbons (Fsp3) is 0.857. The molecule has 6 nitrogen and oxygen atoms in total. The van der Waals surface area contributed by atoms with Crippen molar-refractivity contribution in [3.05, 3.63) is 0 Å². The van der Waals surface area contributed by atoms with Crippen molar-refractivity contribution in [2.24, 2.45) is 0 Å². The first-order valence-electron chi connectivity index (χ1n) is 7.61. The number of piperazine rings is 1. The lowest BCUT2D eigenvalue weighted by Crippen LogP contribution is -2.54. The number of carbonyl (C=O) groups excluding carboxylic acids is 1. The fourth-order valence-electron chi connectivity index (χ4n) is 2.62. The molecule has 1 saturated heterocycles.